The van der Waals surface area contributed by atoms with Gasteiger partial charge in [0.1, 0.15) is 11.5 Å². The third-order valence-corrected chi connectivity index (χ3v) is 8.43. The Bertz CT molecular complexity index is 1150. The first-order valence-corrected chi connectivity index (χ1v) is 16.7. The van der Waals surface area contributed by atoms with E-state index in [9.17, 15) is 57.1 Å². The molecule has 0 heterocycles. The second kappa shape index (κ2) is 19.0. The smallest absolute Gasteiger partial charge is 0.460 e. The first-order chi connectivity index (χ1) is 22.1. The summed E-state index contributed by atoms with van der Waals surface area (Å²) in [5, 5.41) is 0. The highest BCUT2D eigenvalue weighted by molar-refractivity contribution is 14.1. The molecule has 0 fully saturated rings. The highest BCUT2D eigenvalue weighted by Crippen LogP contribution is 2.60. The fourth-order valence-corrected chi connectivity index (χ4v) is 5.19. The third kappa shape index (κ3) is 11.4. The van der Waals surface area contributed by atoms with Crippen molar-refractivity contribution < 1.29 is 66.5 Å². The van der Waals surface area contributed by atoms with Crippen LogP contribution < -0.4 is 9.47 Å². The quantitative estimate of drug-likeness (QED) is 0.0447. The number of unbranched alkanes of at least 4 members (excludes halogenated alkanes) is 12. The fraction of sp³-hybridized carbons (Fsp3) is 0.750. The van der Waals surface area contributed by atoms with Crippen LogP contribution in [0.15, 0.2) is 12.1 Å². The number of alkyl halides is 13. The van der Waals surface area contributed by atoms with Gasteiger partial charge in [-0.15, -0.1) is 6.42 Å². The molecule has 278 valence electrons. The molecule has 2 nitrogen and oxygen atoms in total. The summed E-state index contributed by atoms with van der Waals surface area (Å²) in [6.45, 7) is 2.62. The summed E-state index contributed by atoms with van der Waals surface area (Å²) < 4.78 is 184. The van der Waals surface area contributed by atoms with E-state index in [4.69, 9.17) is 15.9 Å². The van der Waals surface area contributed by atoms with E-state index < -0.39 is 48.6 Å². The Labute approximate surface area is 286 Å². The molecule has 0 bridgehead atoms. The van der Waals surface area contributed by atoms with Crippen LogP contribution in [0.3, 0.4) is 0 Å². The minimum absolute atomic E-state index is 0.0110. The SMILES string of the molecule is C#Cc1cc(OCCCCCCCCCCCC)c(I)cc1OCCCCCCC(F)(F)C(F)(F)C(F)(F)C(F)(F)C(F)(F)C(F)(F)F. The number of terminal acetylenes is 1. The van der Waals surface area contributed by atoms with Crippen molar-refractivity contribution in [3.05, 3.63) is 21.3 Å². The minimum Gasteiger partial charge on any atom is -0.492 e. The van der Waals surface area contributed by atoms with Crippen LogP contribution in [0.1, 0.15) is 109 Å². The van der Waals surface area contributed by atoms with E-state index in [0.717, 1.165) is 19.3 Å². The van der Waals surface area contributed by atoms with Gasteiger partial charge in [-0.3, -0.25) is 0 Å². The molecule has 0 aliphatic carbocycles. The number of benzene rings is 1. The molecule has 0 spiro atoms. The van der Waals surface area contributed by atoms with E-state index in [0.29, 0.717) is 21.5 Å². The molecule has 1 rings (SSSR count). The maximum Gasteiger partial charge on any atom is 0.460 e. The normalized spacial score (nSPS) is 13.5. The van der Waals surface area contributed by atoms with Crippen molar-refractivity contribution in [3.63, 3.8) is 0 Å². The van der Waals surface area contributed by atoms with Gasteiger partial charge in [0.2, 0.25) is 0 Å². The van der Waals surface area contributed by atoms with Crippen molar-refractivity contribution in [2.45, 2.75) is 139 Å². The Morgan fingerprint density at radius 2 is 0.979 bits per heavy atom. The molecule has 0 atom stereocenters. The predicted octanol–water partition coefficient (Wildman–Crippen LogP) is 12.6. The van der Waals surface area contributed by atoms with Crippen LogP contribution in [0, 0.1) is 15.9 Å². The molecule has 0 saturated carbocycles. The lowest BCUT2D eigenvalue weighted by molar-refractivity contribution is -0.440. The van der Waals surface area contributed by atoms with Crippen LogP contribution in [-0.4, -0.2) is 49.0 Å². The summed E-state index contributed by atoms with van der Waals surface area (Å²) in [7, 11) is 0. The van der Waals surface area contributed by atoms with Gasteiger partial charge >= 0.3 is 35.8 Å². The monoisotopic (exact) mass is 830 g/mol. The zero-order valence-electron chi connectivity index (χ0n) is 26.4. The Balaban J connectivity index is 2.53. The predicted molar refractivity (Wildman–Crippen MR) is 164 cm³/mol. The van der Waals surface area contributed by atoms with E-state index in [1.807, 2.05) is 22.6 Å². The third-order valence-electron chi connectivity index (χ3n) is 7.59. The summed E-state index contributed by atoms with van der Waals surface area (Å²) >= 11 is 2.02. The molecule has 0 aromatic heterocycles. The summed E-state index contributed by atoms with van der Waals surface area (Å²) in [6, 6.07) is 3.23. The van der Waals surface area contributed by atoms with Crippen molar-refractivity contribution >= 4 is 22.6 Å². The molecule has 0 unspecified atom stereocenters. The second-order valence-corrected chi connectivity index (χ2v) is 12.6. The van der Waals surface area contributed by atoms with Gasteiger partial charge in [0.05, 0.1) is 22.3 Å². The number of hydrogen-bond donors (Lipinski definition) is 0. The van der Waals surface area contributed by atoms with Gasteiger partial charge < -0.3 is 9.47 Å². The molecule has 0 N–H and O–H groups in total. The summed E-state index contributed by atoms with van der Waals surface area (Å²) in [5.41, 5.74) is 0.351. The zero-order chi connectivity index (χ0) is 36.9. The van der Waals surface area contributed by atoms with Gasteiger partial charge in [0, 0.05) is 12.5 Å². The zero-order valence-corrected chi connectivity index (χ0v) is 28.5. The topological polar surface area (TPSA) is 18.5 Å². The first kappa shape index (κ1) is 44.2. The Morgan fingerprint density at radius 3 is 1.44 bits per heavy atom. The standard InChI is InChI=1S/C32H40F13IO2/c1-3-5-6-7-8-9-10-11-13-16-20-48-26-21-23(4-2)25(22-24(26)46)47-19-17-14-12-15-18-27(33,34)28(35,36)29(37,38)30(39,40)31(41,42)32(43,44)45/h2,21-22H,3,5-20H2,1H3. The Kier molecular flexibility index (Phi) is 17.5. The largest absolute Gasteiger partial charge is 0.492 e. The number of rotatable bonds is 24. The number of hydrogen-bond acceptors (Lipinski definition) is 2. The fourth-order valence-electron chi connectivity index (χ4n) is 4.59. The maximum atomic E-state index is 13.9. The summed E-state index contributed by atoms with van der Waals surface area (Å²) in [6.07, 6.45) is 6.44. The Morgan fingerprint density at radius 1 is 0.562 bits per heavy atom. The van der Waals surface area contributed by atoms with Crippen LogP contribution >= 0.6 is 22.6 Å². The van der Waals surface area contributed by atoms with Gasteiger partial charge in [-0.1, -0.05) is 83.5 Å². The van der Waals surface area contributed by atoms with E-state index >= 15 is 0 Å². The van der Waals surface area contributed by atoms with Gasteiger partial charge in [0.15, 0.2) is 0 Å². The number of ether oxygens (including phenoxy) is 2. The van der Waals surface area contributed by atoms with Crippen LogP contribution in [-0.2, 0) is 0 Å². The molecule has 1 aromatic rings. The van der Waals surface area contributed by atoms with Gasteiger partial charge in [-0.2, -0.15) is 57.1 Å². The van der Waals surface area contributed by atoms with Crippen LogP contribution in [0.5, 0.6) is 11.5 Å². The molecule has 0 aliphatic heterocycles. The first-order valence-electron chi connectivity index (χ1n) is 15.6. The number of halogens is 14. The van der Waals surface area contributed by atoms with Gasteiger partial charge in [-0.05, 0) is 47.9 Å². The summed E-state index contributed by atoms with van der Waals surface area (Å²) in [4.78, 5) is 0. The Hall–Kier alpha value is -1.80. The van der Waals surface area contributed by atoms with Crippen molar-refractivity contribution in [2.24, 2.45) is 0 Å². The molecule has 0 radical (unpaired) electrons. The second-order valence-electron chi connectivity index (χ2n) is 11.5. The molecule has 0 saturated heterocycles. The van der Waals surface area contributed by atoms with E-state index in [1.165, 1.54) is 44.9 Å². The maximum absolute atomic E-state index is 13.9. The van der Waals surface area contributed by atoms with E-state index in [2.05, 4.69) is 12.8 Å². The molecular weight excluding hydrogens is 790 g/mol. The molecule has 16 heteroatoms. The highest BCUT2D eigenvalue weighted by Gasteiger charge is 2.90. The summed E-state index contributed by atoms with van der Waals surface area (Å²) in [5.74, 6) is -33.4. The average Bonchev–Trinajstić information content (AvgIpc) is 2.99. The van der Waals surface area contributed by atoms with Crippen LogP contribution in [0.4, 0.5) is 57.1 Å². The van der Waals surface area contributed by atoms with E-state index in [1.54, 1.807) is 12.1 Å². The molecule has 48 heavy (non-hydrogen) atoms. The van der Waals surface area contributed by atoms with E-state index in [-0.39, 0.29) is 31.6 Å². The van der Waals surface area contributed by atoms with Crippen LogP contribution in [0.25, 0.3) is 0 Å². The highest BCUT2D eigenvalue weighted by atomic mass is 127. The van der Waals surface area contributed by atoms with Crippen molar-refractivity contribution in [1.29, 1.82) is 0 Å². The molecule has 0 aliphatic rings. The van der Waals surface area contributed by atoms with Crippen molar-refractivity contribution in [1.82, 2.24) is 0 Å². The van der Waals surface area contributed by atoms with Crippen molar-refractivity contribution in [3.8, 4) is 23.8 Å². The van der Waals surface area contributed by atoms with Gasteiger partial charge in [-0.25, -0.2) is 0 Å². The minimum atomic E-state index is -7.88. The molecule has 0 amide bonds. The lowest BCUT2D eigenvalue weighted by atomic mass is 9.91. The molecule has 1 aromatic carbocycles. The lowest BCUT2D eigenvalue weighted by Crippen LogP contribution is -2.70. The lowest BCUT2D eigenvalue weighted by Gasteiger charge is -2.39. The van der Waals surface area contributed by atoms with Gasteiger partial charge in [0.25, 0.3) is 0 Å². The molecular formula is C32H40F13IO2. The van der Waals surface area contributed by atoms with Crippen molar-refractivity contribution in [2.75, 3.05) is 13.2 Å². The average molecular weight is 831 g/mol. The van der Waals surface area contributed by atoms with Crippen LogP contribution in [0.2, 0.25) is 0 Å².